The largest absolute Gasteiger partial charge is 0.384 e. The maximum Gasteiger partial charge on any atom is 0.273 e. The third-order valence-electron chi connectivity index (χ3n) is 3.39. The van der Waals surface area contributed by atoms with Gasteiger partial charge in [-0.15, -0.1) is 0 Å². The van der Waals surface area contributed by atoms with Gasteiger partial charge in [-0.2, -0.15) is 0 Å². The zero-order chi connectivity index (χ0) is 15.5. The molecular formula is C14H16N2O4S. The molecule has 2 heterocycles. The van der Waals surface area contributed by atoms with Gasteiger partial charge in [0.2, 0.25) is 0 Å². The number of pyridine rings is 1. The Morgan fingerprint density at radius 2 is 2.33 bits per heavy atom. The molecule has 1 amide bonds. The number of rotatable bonds is 2. The molecule has 2 rings (SSSR count). The van der Waals surface area contributed by atoms with Crippen LogP contribution in [0.2, 0.25) is 0 Å². The molecule has 0 spiro atoms. The SMILES string of the molecule is CN(C(=O)c1ncccc1C#CCO)C1CCS(=O)(=O)C1. The number of sulfone groups is 1. The Kier molecular flexibility index (Phi) is 4.60. The lowest BCUT2D eigenvalue weighted by Crippen LogP contribution is -2.38. The number of aromatic nitrogens is 1. The first kappa shape index (κ1) is 15.5. The molecule has 112 valence electrons. The average molecular weight is 308 g/mol. The highest BCUT2D eigenvalue weighted by Gasteiger charge is 2.33. The van der Waals surface area contributed by atoms with Gasteiger partial charge in [0.05, 0.1) is 17.1 Å². The minimum Gasteiger partial charge on any atom is -0.384 e. The smallest absolute Gasteiger partial charge is 0.273 e. The molecule has 1 fully saturated rings. The zero-order valence-corrected chi connectivity index (χ0v) is 12.4. The summed E-state index contributed by atoms with van der Waals surface area (Å²) in [6, 6.07) is 2.96. The molecular weight excluding hydrogens is 292 g/mol. The summed E-state index contributed by atoms with van der Waals surface area (Å²) in [6.07, 6.45) is 1.92. The molecule has 1 aromatic heterocycles. The fraction of sp³-hybridized carbons (Fsp3) is 0.429. The van der Waals surface area contributed by atoms with E-state index in [4.69, 9.17) is 5.11 Å². The van der Waals surface area contributed by atoms with E-state index in [0.29, 0.717) is 12.0 Å². The van der Waals surface area contributed by atoms with Crippen LogP contribution in [0.3, 0.4) is 0 Å². The molecule has 1 N–H and O–H groups in total. The van der Waals surface area contributed by atoms with Crippen molar-refractivity contribution in [2.24, 2.45) is 0 Å². The maximum absolute atomic E-state index is 12.5. The minimum atomic E-state index is -3.06. The number of nitrogens with zero attached hydrogens (tertiary/aromatic N) is 2. The first-order chi connectivity index (χ1) is 9.94. The Morgan fingerprint density at radius 3 is 2.95 bits per heavy atom. The van der Waals surface area contributed by atoms with Crippen LogP contribution in [0.25, 0.3) is 0 Å². The van der Waals surface area contributed by atoms with E-state index in [-0.39, 0.29) is 35.8 Å². The molecule has 0 radical (unpaired) electrons. The Hall–Kier alpha value is -1.91. The second-order valence-electron chi connectivity index (χ2n) is 4.83. The van der Waals surface area contributed by atoms with Crippen molar-refractivity contribution in [3.05, 3.63) is 29.6 Å². The molecule has 0 aliphatic carbocycles. The summed E-state index contributed by atoms with van der Waals surface area (Å²) in [5.74, 6) is 4.89. The first-order valence-electron chi connectivity index (χ1n) is 6.47. The average Bonchev–Trinajstić information content (AvgIpc) is 2.84. The van der Waals surface area contributed by atoms with E-state index in [2.05, 4.69) is 16.8 Å². The first-order valence-corrected chi connectivity index (χ1v) is 8.29. The van der Waals surface area contributed by atoms with Gasteiger partial charge in [-0.1, -0.05) is 11.8 Å². The van der Waals surface area contributed by atoms with Gasteiger partial charge in [0.25, 0.3) is 5.91 Å². The minimum absolute atomic E-state index is 0.0142. The van der Waals surface area contributed by atoms with Crippen molar-refractivity contribution in [2.75, 3.05) is 25.2 Å². The molecule has 0 bridgehead atoms. The third kappa shape index (κ3) is 3.60. The van der Waals surface area contributed by atoms with Crippen LogP contribution in [0.5, 0.6) is 0 Å². The van der Waals surface area contributed by atoms with E-state index in [1.54, 1.807) is 19.2 Å². The molecule has 1 aromatic rings. The lowest BCUT2D eigenvalue weighted by molar-refractivity contribution is 0.0741. The Bertz CT molecular complexity index is 703. The van der Waals surface area contributed by atoms with Gasteiger partial charge in [-0.05, 0) is 18.6 Å². The molecule has 1 atom stereocenters. The van der Waals surface area contributed by atoms with Crippen LogP contribution in [-0.2, 0) is 9.84 Å². The number of aliphatic hydroxyl groups excluding tert-OH is 1. The highest BCUT2D eigenvalue weighted by molar-refractivity contribution is 7.91. The van der Waals surface area contributed by atoms with Crippen LogP contribution in [0.1, 0.15) is 22.5 Å². The molecule has 6 nitrogen and oxygen atoms in total. The summed E-state index contributed by atoms with van der Waals surface area (Å²) in [6.45, 7) is -0.306. The highest BCUT2D eigenvalue weighted by atomic mass is 32.2. The summed E-state index contributed by atoms with van der Waals surface area (Å²) >= 11 is 0. The van der Waals surface area contributed by atoms with Gasteiger partial charge in [0.15, 0.2) is 9.84 Å². The lowest BCUT2D eigenvalue weighted by atomic mass is 10.1. The Labute approximate surface area is 123 Å². The van der Waals surface area contributed by atoms with E-state index in [1.165, 1.54) is 11.1 Å². The number of aliphatic hydroxyl groups is 1. The van der Waals surface area contributed by atoms with E-state index in [9.17, 15) is 13.2 Å². The standard InChI is InChI=1S/C14H16N2O4S/c1-16(12-6-9-21(19,20)10-12)14(18)13-11(5-3-8-17)4-2-7-15-13/h2,4,7,12,17H,6,8-10H2,1H3. The number of carbonyl (C=O) groups is 1. The van der Waals surface area contributed by atoms with Gasteiger partial charge in [-0.25, -0.2) is 13.4 Å². The van der Waals surface area contributed by atoms with Crippen LogP contribution in [0.15, 0.2) is 18.3 Å². The van der Waals surface area contributed by atoms with Crippen molar-refractivity contribution < 1.29 is 18.3 Å². The van der Waals surface area contributed by atoms with Crippen molar-refractivity contribution in [1.82, 2.24) is 9.88 Å². The predicted molar refractivity (Wildman–Crippen MR) is 77.4 cm³/mol. The Morgan fingerprint density at radius 1 is 1.57 bits per heavy atom. The van der Waals surface area contributed by atoms with E-state index >= 15 is 0 Å². The van der Waals surface area contributed by atoms with Gasteiger partial charge in [0.1, 0.15) is 12.3 Å². The van der Waals surface area contributed by atoms with Gasteiger partial charge in [0, 0.05) is 19.3 Å². The molecule has 1 unspecified atom stereocenters. The quantitative estimate of drug-likeness (QED) is 0.757. The number of hydrogen-bond acceptors (Lipinski definition) is 5. The second kappa shape index (κ2) is 6.24. The summed E-state index contributed by atoms with van der Waals surface area (Å²) in [5.41, 5.74) is 0.592. The van der Waals surface area contributed by atoms with E-state index in [1.807, 2.05) is 0 Å². The lowest BCUT2D eigenvalue weighted by Gasteiger charge is -2.23. The van der Waals surface area contributed by atoms with E-state index in [0.717, 1.165) is 0 Å². The predicted octanol–water partition coefficient (Wildman–Crippen LogP) is -0.315. The highest BCUT2D eigenvalue weighted by Crippen LogP contribution is 2.18. The van der Waals surface area contributed by atoms with Crippen molar-refractivity contribution in [3.63, 3.8) is 0 Å². The summed E-state index contributed by atoms with van der Waals surface area (Å²) < 4.78 is 23.0. The summed E-state index contributed by atoms with van der Waals surface area (Å²) in [5, 5.41) is 8.74. The fourth-order valence-electron chi connectivity index (χ4n) is 2.23. The second-order valence-corrected chi connectivity index (χ2v) is 7.06. The molecule has 21 heavy (non-hydrogen) atoms. The van der Waals surface area contributed by atoms with Crippen molar-refractivity contribution in [3.8, 4) is 11.8 Å². The number of carbonyl (C=O) groups excluding carboxylic acids is 1. The van der Waals surface area contributed by atoms with Gasteiger partial charge in [-0.3, -0.25) is 4.79 Å². The van der Waals surface area contributed by atoms with Gasteiger partial charge >= 0.3 is 0 Å². The molecule has 1 saturated heterocycles. The maximum atomic E-state index is 12.5. The normalized spacial score (nSPS) is 19.6. The number of amides is 1. The Balaban J connectivity index is 2.24. The van der Waals surface area contributed by atoms with Crippen molar-refractivity contribution in [1.29, 1.82) is 0 Å². The van der Waals surface area contributed by atoms with Crippen LogP contribution < -0.4 is 0 Å². The molecule has 7 heteroatoms. The third-order valence-corrected chi connectivity index (χ3v) is 5.14. The van der Waals surface area contributed by atoms with Crippen LogP contribution in [0.4, 0.5) is 0 Å². The molecule has 0 saturated carbocycles. The summed E-state index contributed by atoms with van der Waals surface area (Å²) in [7, 11) is -1.48. The number of hydrogen-bond donors (Lipinski definition) is 1. The molecule has 1 aliphatic heterocycles. The van der Waals surface area contributed by atoms with Gasteiger partial charge < -0.3 is 10.0 Å². The van der Waals surface area contributed by atoms with Crippen LogP contribution in [-0.4, -0.2) is 60.5 Å². The van der Waals surface area contributed by atoms with Crippen LogP contribution in [0, 0.1) is 11.8 Å². The van der Waals surface area contributed by atoms with Crippen molar-refractivity contribution >= 4 is 15.7 Å². The molecule has 1 aliphatic rings. The fourth-order valence-corrected chi connectivity index (χ4v) is 4.00. The monoisotopic (exact) mass is 308 g/mol. The summed E-state index contributed by atoms with van der Waals surface area (Å²) in [4.78, 5) is 17.9. The zero-order valence-electron chi connectivity index (χ0n) is 11.6. The molecule has 0 aromatic carbocycles. The van der Waals surface area contributed by atoms with Crippen molar-refractivity contribution in [2.45, 2.75) is 12.5 Å². The van der Waals surface area contributed by atoms with E-state index < -0.39 is 9.84 Å². The topological polar surface area (TPSA) is 87.6 Å². The van der Waals surface area contributed by atoms with Crippen LogP contribution >= 0.6 is 0 Å².